The van der Waals surface area contributed by atoms with Crippen molar-refractivity contribution in [2.75, 3.05) is 56.2 Å². The summed E-state index contributed by atoms with van der Waals surface area (Å²) in [5.41, 5.74) is 3.41. The number of halogens is 1. The van der Waals surface area contributed by atoms with Gasteiger partial charge in [0.15, 0.2) is 0 Å². The van der Waals surface area contributed by atoms with Crippen molar-refractivity contribution in [2.24, 2.45) is 5.92 Å². The van der Waals surface area contributed by atoms with Gasteiger partial charge >= 0.3 is 6.01 Å². The van der Waals surface area contributed by atoms with Gasteiger partial charge in [-0.3, -0.25) is 4.90 Å². The van der Waals surface area contributed by atoms with Crippen LogP contribution in [0.1, 0.15) is 30.5 Å². The van der Waals surface area contributed by atoms with Gasteiger partial charge in [0.25, 0.3) is 0 Å². The molecule has 3 aromatic rings. The molecule has 0 N–H and O–H groups in total. The van der Waals surface area contributed by atoms with Crippen LogP contribution in [-0.2, 0) is 13.0 Å². The monoisotopic (exact) mass is 514 g/mol. The van der Waals surface area contributed by atoms with Crippen molar-refractivity contribution in [1.82, 2.24) is 14.9 Å². The number of anilines is 2. The van der Waals surface area contributed by atoms with Crippen molar-refractivity contribution < 1.29 is 9.13 Å². The van der Waals surface area contributed by atoms with Crippen molar-refractivity contribution >= 4 is 22.3 Å². The fourth-order valence-electron chi connectivity index (χ4n) is 6.32. The number of likely N-dealkylation sites (tertiary alicyclic amines) is 1. The lowest BCUT2D eigenvalue weighted by Crippen LogP contribution is -2.39. The minimum Gasteiger partial charge on any atom is -0.462 e. The largest absolute Gasteiger partial charge is 0.462 e. The zero-order valence-electron chi connectivity index (χ0n) is 22.0. The molecule has 0 bridgehead atoms. The van der Waals surface area contributed by atoms with E-state index in [0.29, 0.717) is 44.6 Å². The summed E-state index contributed by atoms with van der Waals surface area (Å²) in [6.45, 7) is 12.1. The summed E-state index contributed by atoms with van der Waals surface area (Å²) in [5.74, 6) is 1.32. The van der Waals surface area contributed by atoms with E-state index in [0.717, 1.165) is 50.4 Å². The van der Waals surface area contributed by atoms with Crippen LogP contribution in [0.2, 0.25) is 0 Å². The fraction of sp³-hybridized carbons (Fsp3) is 0.500. The third-order valence-electron chi connectivity index (χ3n) is 8.34. The van der Waals surface area contributed by atoms with Crippen molar-refractivity contribution in [1.29, 1.82) is 0 Å². The van der Waals surface area contributed by atoms with Gasteiger partial charge in [0, 0.05) is 54.8 Å². The highest BCUT2D eigenvalue weighted by Gasteiger charge is 2.32. The van der Waals surface area contributed by atoms with Gasteiger partial charge < -0.3 is 19.4 Å². The van der Waals surface area contributed by atoms with Gasteiger partial charge in [-0.2, -0.15) is 9.97 Å². The molecule has 3 aliphatic rings. The van der Waals surface area contributed by atoms with Gasteiger partial charge in [-0.25, -0.2) is 11.0 Å². The number of hydrogen-bond donors (Lipinski definition) is 0. The minimum atomic E-state index is -0.810. The molecule has 6 rings (SSSR count). The molecule has 0 saturated carbocycles. The highest BCUT2D eigenvalue weighted by atomic mass is 19.1. The zero-order valence-corrected chi connectivity index (χ0v) is 22.0. The lowest BCUT2D eigenvalue weighted by Gasteiger charge is -2.36. The van der Waals surface area contributed by atoms with E-state index >= 15 is 0 Å². The van der Waals surface area contributed by atoms with Gasteiger partial charge in [0.2, 0.25) is 6.54 Å². The first-order valence-corrected chi connectivity index (χ1v) is 13.8. The van der Waals surface area contributed by atoms with E-state index < -0.39 is 6.17 Å². The Bertz CT molecular complexity index is 1340. The normalized spacial score (nSPS) is 23.9. The molecule has 2 saturated heterocycles. The summed E-state index contributed by atoms with van der Waals surface area (Å²) >= 11 is 0. The predicted molar refractivity (Wildman–Crippen MR) is 149 cm³/mol. The third kappa shape index (κ3) is 5.00. The molecule has 0 radical (unpaired) electrons. The molecule has 38 heavy (non-hydrogen) atoms. The number of nitrogens with zero attached hydrogens (tertiary/aromatic N) is 6. The number of hydrogen-bond acceptors (Lipinski definition) is 6. The number of alkyl halides is 1. The molecule has 1 aromatic heterocycles. The van der Waals surface area contributed by atoms with Crippen LogP contribution >= 0.6 is 0 Å². The van der Waals surface area contributed by atoms with Crippen molar-refractivity contribution in [3.63, 3.8) is 0 Å². The smallest absolute Gasteiger partial charge is 0.318 e. The zero-order chi connectivity index (χ0) is 26.1. The molecule has 4 heterocycles. The van der Waals surface area contributed by atoms with E-state index in [2.05, 4.69) is 57.1 Å². The molecule has 3 atom stereocenters. The maximum atomic E-state index is 13.9. The second-order valence-corrected chi connectivity index (χ2v) is 11.0. The Balaban J connectivity index is 1.31. The first-order chi connectivity index (χ1) is 18.6. The van der Waals surface area contributed by atoms with Gasteiger partial charge in [-0.05, 0) is 44.2 Å². The average molecular weight is 515 g/mol. The molecule has 2 aromatic carbocycles. The maximum absolute atomic E-state index is 13.9. The molecule has 3 aliphatic heterocycles. The first-order valence-electron chi connectivity index (χ1n) is 13.8. The number of ether oxygens (including phenoxy) is 1. The van der Waals surface area contributed by atoms with E-state index in [1.54, 1.807) is 0 Å². The van der Waals surface area contributed by atoms with Gasteiger partial charge in [0.1, 0.15) is 18.6 Å². The molecular weight excluding hydrogens is 479 g/mol. The summed E-state index contributed by atoms with van der Waals surface area (Å²) in [4.78, 5) is 20.3. The van der Waals surface area contributed by atoms with E-state index in [1.165, 1.54) is 22.0 Å². The highest BCUT2D eigenvalue weighted by Crippen LogP contribution is 2.35. The van der Waals surface area contributed by atoms with E-state index in [9.17, 15) is 4.39 Å². The summed E-state index contributed by atoms with van der Waals surface area (Å²) in [6.07, 6.45) is 2.67. The Morgan fingerprint density at radius 3 is 2.79 bits per heavy atom. The number of benzene rings is 2. The number of piperidine rings is 1. The van der Waals surface area contributed by atoms with E-state index in [1.807, 2.05) is 11.9 Å². The van der Waals surface area contributed by atoms with Crippen LogP contribution in [-0.4, -0.2) is 73.5 Å². The van der Waals surface area contributed by atoms with Gasteiger partial charge in [0.05, 0.1) is 12.2 Å². The van der Waals surface area contributed by atoms with Crippen LogP contribution in [0, 0.1) is 12.5 Å². The second kappa shape index (κ2) is 10.7. The second-order valence-electron chi connectivity index (χ2n) is 11.0. The quantitative estimate of drug-likeness (QED) is 0.443. The van der Waals surface area contributed by atoms with Crippen LogP contribution in [0.4, 0.5) is 15.9 Å². The number of rotatable bonds is 6. The molecule has 7 nitrogen and oxygen atoms in total. The van der Waals surface area contributed by atoms with Crippen molar-refractivity contribution in [3.05, 3.63) is 65.1 Å². The van der Waals surface area contributed by atoms with Crippen LogP contribution < -0.4 is 14.5 Å². The maximum Gasteiger partial charge on any atom is 0.318 e. The Hall–Kier alpha value is -3.44. The van der Waals surface area contributed by atoms with E-state index in [-0.39, 0.29) is 6.04 Å². The molecule has 198 valence electrons. The lowest BCUT2D eigenvalue weighted by molar-refractivity contribution is 0.187. The summed E-state index contributed by atoms with van der Waals surface area (Å²) < 4.78 is 20.1. The molecule has 1 unspecified atom stereocenters. The SMILES string of the molecule is [C-]#[N+]CC1CCCN(c2nc(OC[C@@H]3C[C@@H](F)CN3C)nc3c2CCN(c2cccc4ccccc24)C3)C1. The summed E-state index contributed by atoms with van der Waals surface area (Å²) in [7, 11) is 1.94. The van der Waals surface area contributed by atoms with Crippen molar-refractivity contribution in [3.8, 4) is 6.01 Å². The molecule has 0 aliphatic carbocycles. The average Bonchev–Trinajstić information content (AvgIpc) is 3.27. The molecule has 8 heteroatoms. The van der Waals surface area contributed by atoms with Crippen LogP contribution in [0.25, 0.3) is 15.6 Å². The third-order valence-corrected chi connectivity index (χ3v) is 8.34. The topological polar surface area (TPSA) is 49.1 Å². The Morgan fingerprint density at radius 1 is 1.08 bits per heavy atom. The molecule has 2 fully saturated rings. The standard InChI is InChI=1S/C30H35FN6O/c1-32-16-21-7-6-13-37(17-21)29-26-12-14-36(28-11-5-9-22-8-3-4-10-25(22)28)19-27(26)33-30(34-29)38-20-24-15-23(31)18-35(24)2/h3-5,8-11,21,23-24H,6-7,12-20H2,2H3/t21?,23-,24+/m1/s1. The fourth-order valence-corrected chi connectivity index (χ4v) is 6.32. The van der Waals surface area contributed by atoms with Crippen LogP contribution in [0.15, 0.2) is 42.5 Å². The van der Waals surface area contributed by atoms with Crippen LogP contribution in [0.3, 0.4) is 0 Å². The minimum absolute atomic E-state index is 0.0262. The number of likely N-dealkylation sites (N-methyl/N-ethyl adjacent to an activating group) is 1. The van der Waals surface area contributed by atoms with Crippen molar-refractivity contribution in [2.45, 2.75) is 44.4 Å². The highest BCUT2D eigenvalue weighted by molar-refractivity contribution is 5.94. The Morgan fingerprint density at radius 2 is 1.95 bits per heavy atom. The predicted octanol–water partition coefficient (Wildman–Crippen LogP) is 4.75. The Labute approximate surface area is 224 Å². The van der Waals surface area contributed by atoms with Crippen LogP contribution in [0.5, 0.6) is 6.01 Å². The number of aromatic nitrogens is 2. The summed E-state index contributed by atoms with van der Waals surface area (Å²) in [6, 6.07) is 15.4. The molecular formula is C30H35FN6O. The lowest BCUT2D eigenvalue weighted by atomic mass is 9.96. The van der Waals surface area contributed by atoms with Gasteiger partial charge in [-0.1, -0.05) is 36.4 Å². The summed E-state index contributed by atoms with van der Waals surface area (Å²) in [5, 5.41) is 2.47. The van der Waals surface area contributed by atoms with Gasteiger partial charge in [-0.15, -0.1) is 0 Å². The molecule has 0 amide bonds. The molecule has 0 spiro atoms. The van der Waals surface area contributed by atoms with E-state index in [4.69, 9.17) is 21.3 Å². The Kier molecular flexibility index (Phi) is 7.03. The number of fused-ring (bicyclic) bond motifs is 2. The first kappa shape index (κ1) is 24.9.